The van der Waals surface area contributed by atoms with Crippen LogP contribution in [0.1, 0.15) is 18.1 Å². The summed E-state index contributed by atoms with van der Waals surface area (Å²) in [6.45, 7) is 3.52. The molecule has 2 rings (SSSR count). The molecule has 1 amide bonds. The predicted octanol–water partition coefficient (Wildman–Crippen LogP) is 4.17. The van der Waals surface area contributed by atoms with Crippen molar-refractivity contribution < 1.29 is 14.0 Å². The molecule has 4 nitrogen and oxygen atoms in total. The normalized spacial score (nSPS) is 12.2. The Morgan fingerprint density at radius 1 is 1.35 bits per heavy atom. The summed E-state index contributed by atoms with van der Waals surface area (Å²) >= 11 is 5.66. The van der Waals surface area contributed by atoms with Crippen molar-refractivity contribution in [1.29, 1.82) is 0 Å². The molecule has 0 radical (unpaired) electrons. The van der Waals surface area contributed by atoms with Crippen molar-refractivity contribution in [1.82, 2.24) is 0 Å². The second-order valence-corrected chi connectivity index (χ2v) is 5.36. The zero-order chi connectivity index (χ0) is 16.8. The van der Waals surface area contributed by atoms with E-state index in [9.17, 15) is 9.18 Å². The molecule has 1 unspecified atom stereocenters. The minimum atomic E-state index is -0.806. The van der Waals surface area contributed by atoms with E-state index in [0.717, 1.165) is 11.1 Å². The molecule has 0 aliphatic carbocycles. The first-order valence-corrected chi connectivity index (χ1v) is 7.36. The fourth-order valence-electron chi connectivity index (χ4n) is 1.78. The Kier molecular flexibility index (Phi) is 5.71. The van der Waals surface area contributed by atoms with E-state index in [2.05, 4.69) is 10.5 Å². The van der Waals surface area contributed by atoms with Gasteiger partial charge in [-0.25, -0.2) is 4.39 Å². The fraction of sp³-hybridized carbons (Fsp3) is 0.176. The number of nitrogens with one attached hydrogen (secondary N) is 1. The van der Waals surface area contributed by atoms with Crippen LogP contribution < -0.4 is 5.32 Å². The van der Waals surface area contributed by atoms with Gasteiger partial charge in [-0.1, -0.05) is 41.0 Å². The topological polar surface area (TPSA) is 50.7 Å². The predicted molar refractivity (Wildman–Crippen MR) is 89.4 cm³/mol. The largest absolute Gasteiger partial charge is 0.383 e. The lowest BCUT2D eigenvalue weighted by molar-refractivity contribution is -0.126. The molecular formula is C17H16ClFN2O2. The molecule has 0 bridgehead atoms. The molecule has 1 N–H and O–H groups in total. The Morgan fingerprint density at radius 2 is 2.09 bits per heavy atom. The van der Waals surface area contributed by atoms with Crippen LogP contribution in [0.15, 0.2) is 47.6 Å². The maximum atomic E-state index is 13.1. The number of hydrogen-bond donors (Lipinski definition) is 1. The summed E-state index contributed by atoms with van der Waals surface area (Å²) in [6.07, 6.45) is 0.743. The number of carbonyl (C=O) groups is 1. The summed E-state index contributed by atoms with van der Waals surface area (Å²) in [5.41, 5.74) is 2.35. The number of amides is 1. The van der Waals surface area contributed by atoms with Gasteiger partial charge in [0.15, 0.2) is 0 Å². The number of rotatable bonds is 5. The van der Waals surface area contributed by atoms with Gasteiger partial charge in [0.25, 0.3) is 5.91 Å². The summed E-state index contributed by atoms with van der Waals surface area (Å²) in [4.78, 5) is 17.1. The second-order valence-electron chi connectivity index (χ2n) is 4.96. The van der Waals surface area contributed by atoms with Crippen LogP contribution in [0, 0.1) is 12.7 Å². The summed E-state index contributed by atoms with van der Waals surface area (Å²) in [5.74, 6) is -0.952. The van der Waals surface area contributed by atoms with E-state index in [1.165, 1.54) is 18.2 Å². The minimum Gasteiger partial charge on any atom is -0.383 e. The highest BCUT2D eigenvalue weighted by Crippen LogP contribution is 2.19. The molecule has 0 saturated carbocycles. The molecule has 0 aliphatic rings. The van der Waals surface area contributed by atoms with Crippen molar-refractivity contribution >= 4 is 29.4 Å². The van der Waals surface area contributed by atoms with Crippen LogP contribution in [0.5, 0.6) is 0 Å². The molecule has 2 aromatic rings. The maximum Gasteiger partial charge on any atom is 0.267 e. The summed E-state index contributed by atoms with van der Waals surface area (Å²) in [7, 11) is 0. The Labute approximate surface area is 138 Å². The third-order valence-electron chi connectivity index (χ3n) is 3.16. The molecule has 0 aromatic heterocycles. The highest BCUT2D eigenvalue weighted by Gasteiger charge is 2.14. The van der Waals surface area contributed by atoms with Crippen molar-refractivity contribution in [2.75, 3.05) is 5.32 Å². The van der Waals surface area contributed by atoms with Gasteiger partial charge < -0.3 is 10.2 Å². The van der Waals surface area contributed by atoms with E-state index < -0.39 is 17.8 Å². The van der Waals surface area contributed by atoms with E-state index >= 15 is 0 Å². The SMILES string of the molecule is Cc1ccccc1/C=N/OC(C)C(=O)Nc1ccc(F)c(Cl)c1. The first kappa shape index (κ1) is 17.0. The molecule has 120 valence electrons. The van der Waals surface area contributed by atoms with Crippen molar-refractivity contribution in [2.24, 2.45) is 5.16 Å². The van der Waals surface area contributed by atoms with E-state index in [1.807, 2.05) is 31.2 Å². The molecule has 0 aliphatic heterocycles. The highest BCUT2D eigenvalue weighted by atomic mass is 35.5. The van der Waals surface area contributed by atoms with Gasteiger partial charge in [-0.3, -0.25) is 4.79 Å². The molecule has 0 heterocycles. The van der Waals surface area contributed by atoms with Crippen molar-refractivity contribution in [2.45, 2.75) is 20.0 Å². The minimum absolute atomic E-state index is 0.0612. The Balaban J connectivity index is 1.92. The van der Waals surface area contributed by atoms with Gasteiger partial charge in [0.2, 0.25) is 6.10 Å². The van der Waals surface area contributed by atoms with Crippen LogP contribution in [-0.4, -0.2) is 18.2 Å². The van der Waals surface area contributed by atoms with Gasteiger partial charge in [0.05, 0.1) is 11.2 Å². The first-order valence-electron chi connectivity index (χ1n) is 6.98. The third kappa shape index (κ3) is 4.79. The van der Waals surface area contributed by atoms with E-state index in [4.69, 9.17) is 16.4 Å². The summed E-state index contributed by atoms with van der Waals surface area (Å²) in [6, 6.07) is 11.6. The van der Waals surface area contributed by atoms with Crippen LogP contribution >= 0.6 is 11.6 Å². The number of anilines is 1. The van der Waals surface area contributed by atoms with Gasteiger partial charge in [-0.2, -0.15) is 0 Å². The van der Waals surface area contributed by atoms with Crippen LogP contribution in [-0.2, 0) is 9.63 Å². The second kappa shape index (κ2) is 7.74. The molecule has 1 atom stereocenters. The quantitative estimate of drug-likeness (QED) is 0.659. The zero-order valence-corrected chi connectivity index (χ0v) is 13.5. The number of aryl methyl sites for hydroxylation is 1. The highest BCUT2D eigenvalue weighted by molar-refractivity contribution is 6.31. The molecular weight excluding hydrogens is 319 g/mol. The van der Waals surface area contributed by atoms with Gasteiger partial charge in [0, 0.05) is 5.69 Å². The Bertz CT molecular complexity index is 734. The maximum absolute atomic E-state index is 13.1. The van der Waals surface area contributed by atoms with E-state index in [0.29, 0.717) is 5.69 Å². The smallest absolute Gasteiger partial charge is 0.267 e. The van der Waals surface area contributed by atoms with Crippen LogP contribution in [0.25, 0.3) is 0 Å². The Morgan fingerprint density at radius 3 is 2.78 bits per heavy atom. The standard InChI is InChI=1S/C17H16ClFN2O2/c1-11-5-3-4-6-13(11)10-20-23-12(2)17(22)21-14-7-8-16(19)15(18)9-14/h3-10,12H,1-2H3,(H,21,22)/b20-10+. The van der Waals surface area contributed by atoms with Crippen molar-refractivity contribution in [3.8, 4) is 0 Å². The summed E-state index contributed by atoms with van der Waals surface area (Å²) in [5, 5.41) is 6.34. The molecule has 0 fully saturated rings. The lowest BCUT2D eigenvalue weighted by Crippen LogP contribution is -2.26. The van der Waals surface area contributed by atoms with Gasteiger partial charge in [0.1, 0.15) is 5.82 Å². The molecule has 2 aromatic carbocycles. The molecule has 23 heavy (non-hydrogen) atoms. The van der Waals surface area contributed by atoms with Gasteiger partial charge in [-0.15, -0.1) is 0 Å². The number of nitrogens with zero attached hydrogens (tertiary/aromatic N) is 1. The number of oxime groups is 1. The van der Waals surface area contributed by atoms with Gasteiger partial charge in [-0.05, 0) is 43.2 Å². The monoisotopic (exact) mass is 334 g/mol. The molecule has 6 heteroatoms. The van der Waals surface area contributed by atoms with Crippen molar-refractivity contribution in [3.63, 3.8) is 0 Å². The lowest BCUT2D eigenvalue weighted by atomic mass is 10.1. The molecule has 0 saturated heterocycles. The fourth-order valence-corrected chi connectivity index (χ4v) is 1.96. The number of hydrogen-bond acceptors (Lipinski definition) is 3. The Hall–Kier alpha value is -2.40. The van der Waals surface area contributed by atoms with E-state index in [1.54, 1.807) is 13.1 Å². The van der Waals surface area contributed by atoms with Crippen LogP contribution in [0.3, 0.4) is 0 Å². The molecule has 0 spiro atoms. The average Bonchev–Trinajstić information content (AvgIpc) is 2.52. The number of halogens is 2. The first-order chi connectivity index (χ1) is 11.0. The average molecular weight is 335 g/mol. The summed E-state index contributed by atoms with van der Waals surface area (Å²) < 4.78 is 13.1. The van der Waals surface area contributed by atoms with Gasteiger partial charge >= 0.3 is 0 Å². The number of benzene rings is 2. The zero-order valence-electron chi connectivity index (χ0n) is 12.7. The van der Waals surface area contributed by atoms with Crippen LogP contribution in [0.2, 0.25) is 5.02 Å². The third-order valence-corrected chi connectivity index (χ3v) is 3.45. The lowest BCUT2D eigenvalue weighted by Gasteiger charge is -2.11. The van der Waals surface area contributed by atoms with Crippen molar-refractivity contribution in [3.05, 3.63) is 64.4 Å². The van der Waals surface area contributed by atoms with E-state index in [-0.39, 0.29) is 5.02 Å². The number of carbonyl (C=O) groups excluding carboxylic acids is 1. The van der Waals surface area contributed by atoms with Crippen LogP contribution in [0.4, 0.5) is 10.1 Å².